The Labute approximate surface area is 97.0 Å². The second-order valence-electron chi connectivity index (χ2n) is 4.02. The first kappa shape index (κ1) is 13.1. The Kier molecular flexibility index (Phi) is 4.89. The highest BCUT2D eigenvalue weighted by Gasteiger charge is 2.07. The van der Waals surface area contributed by atoms with Gasteiger partial charge in [0.25, 0.3) is 0 Å². The summed E-state index contributed by atoms with van der Waals surface area (Å²) in [5.74, 6) is 0.226. The predicted molar refractivity (Wildman–Crippen MR) is 64.9 cm³/mol. The van der Waals surface area contributed by atoms with Crippen LogP contribution in [0.3, 0.4) is 0 Å². The Balaban J connectivity index is 2.28. The molecule has 0 saturated heterocycles. The Hall–Kier alpha value is -0.940. The maximum absolute atomic E-state index is 11.0. The van der Waals surface area contributed by atoms with Crippen molar-refractivity contribution in [3.63, 3.8) is 0 Å². The first-order valence-electron chi connectivity index (χ1n) is 5.28. The molecule has 1 atom stereocenters. The van der Waals surface area contributed by atoms with Crippen molar-refractivity contribution in [1.29, 1.82) is 0 Å². The van der Waals surface area contributed by atoms with Crippen molar-refractivity contribution in [3.05, 3.63) is 30.1 Å². The molecule has 0 amide bonds. The fourth-order valence-corrected chi connectivity index (χ4v) is 2.06. The first-order valence-corrected chi connectivity index (χ1v) is 7.34. The molecule has 1 aromatic heterocycles. The molecule has 5 heteroatoms. The van der Waals surface area contributed by atoms with Gasteiger partial charge in [-0.3, -0.25) is 4.98 Å². The molecule has 90 valence electrons. The zero-order valence-corrected chi connectivity index (χ0v) is 10.5. The number of sulfone groups is 1. The quantitative estimate of drug-likeness (QED) is 0.808. The molecule has 0 saturated carbocycles. The monoisotopic (exact) mass is 242 g/mol. The second kappa shape index (κ2) is 5.96. The summed E-state index contributed by atoms with van der Waals surface area (Å²) in [5, 5.41) is 3.24. The molecule has 4 nitrogen and oxygen atoms in total. The third kappa shape index (κ3) is 5.82. The van der Waals surface area contributed by atoms with Crippen molar-refractivity contribution < 1.29 is 8.42 Å². The highest BCUT2D eigenvalue weighted by molar-refractivity contribution is 7.90. The largest absolute Gasteiger partial charge is 0.309 e. The van der Waals surface area contributed by atoms with E-state index in [4.69, 9.17) is 0 Å². The van der Waals surface area contributed by atoms with Crippen molar-refractivity contribution in [3.8, 4) is 0 Å². The number of nitrogens with one attached hydrogen (secondary N) is 1. The van der Waals surface area contributed by atoms with Crippen molar-refractivity contribution in [1.82, 2.24) is 10.3 Å². The zero-order valence-electron chi connectivity index (χ0n) is 9.68. The lowest BCUT2D eigenvalue weighted by Crippen LogP contribution is -2.28. The highest BCUT2D eigenvalue weighted by atomic mass is 32.2. The van der Waals surface area contributed by atoms with Crippen LogP contribution >= 0.6 is 0 Å². The van der Waals surface area contributed by atoms with Crippen LogP contribution in [0.25, 0.3) is 0 Å². The second-order valence-corrected chi connectivity index (χ2v) is 6.28. The fourth-order valence-electron chi connectivity index (χ4n) is 1.27. The standard InChI is InChI=1S/C11H18N2O2S/c1-10(6-8-16(2,14)15)13-9-11-5-3-4-7-12-11/h3-5,7,10,13H,6,8-9H2,1-2H3. The van der Waals surface area contributed by atoms with Crippen molar-refractivity contribution >= 4 is 9.84 Å². The van der Waals surface area contributed by atoms with Crippen LogP contribution in [-0.2, 0) is 16.4 Å². The molecule has 1 aromatic rings. The van der Waals surface area contributed by atoms with Gasteiger partial charge in [0.2, 0.25) is 0 Å². The van der Waals surface area contributed by atoms with E-state index in [2.05, 4.69) is 10.3 Å². The number of aromatic nitrogens is 1. The molecule has 1 rings (SSSR count). The summed E-state index contributed by atoms with van der Waals surface area (Å²) in [6.45, 7) is 2.65. The SMILES string of the molecule is CC(CCS(C)(=O)=O)NCc1ccccn1. The van der Waals surface area contributed by atoms with Gasteiger partial charge in [0.1, 0.15) is 9.84 Å². The molecular formula is C11H18N2O2S. The van der Waals surface area contributed by atoms with Gasteiger partial charge in [-0.2, -0.15) is 0 Å². The van der Waals surface area contributed by atoms with E-state index < -0.39 is 9.84 Å². The third-order valence-corrected chi connectivity index (χ3v) is 3.26. The van der Waals surface area contributed by atoms with Gasteiger partial charge in [-0.15, -0.1) is 0 Å². The van der Waals surface area contributed by atoms with Crippen LogP contribution in [0.15, 0.2) is 24.4 Å². The fraction of sp³-hybridized carbons (Fsp3) is 0.545. The van der Waals surface area contributed by atoms with Crippen molar-refractivity contribution in [2.45, 2.75) is 25.9 Å². The molecule has 0 spiro atoms. The van der Waals surface area contributed by atoms with E-state index in [9.17, 15) is 8.42 Å². The Bertz CT molecular complexity index is 403. The molecule has 1 unspecified atom stereocenters. The van der Waals surface area contributed by atoms with Crippen LogP contribution in [0, 0.1) is 0 Å². The maximum atomic E-state index is 11.0. The van der Waals surface area contributed by atoms with Crippen LogP contribution < -0.4 is 5.32 Å². The predicted octanol–water partition coefficient (Wildman–Crippen LogP) is 0.994. The first-order chi connectivity index (χ1) is 7.47. The average Bonchev–Trinajstić information content (AvgIpc) is 2.24. The van der Waals surface area contributed by atoms with E-state index in [0.717, 1.165) is 5.69 Å². The number of hydrogen-bond acceptors (Lipinski definition) is 4. The normalized spacial score (nSPS) is 13.6. The number of nitrogens with zero attached hydrogens (tertiary/aromatic N) is 1. The van der Waals surface area contributed by atoms with Crippen molar-refractivity contribution in [2.24, 2.45) is 0 Å². The average molecular weight is 242 g/mol. The molecule has 1 heterocycles. The van der Waals surface area contributed by atoms with Gasteiger partial charge >= 0.3 is 0 Å². The minimum atomic E-state index is -2.86. The van der Waals surface area contributed by atoms with E-state index in [-0.39, 0.29) is 11.8 Å². The van der Waals surface area contributed by atoms with Gasteiger partial charge < -0.3 is 5.32 Å². The Morgan fingerprint density at radius 1 is 1.44 bits per heavy atom. The summed E-state index contributed by atoms with van der Waals surface area (Å²) in [7, 11) is -2.86. The van der Waals surface area contributed by atoms with Crippen LogP contribution in [0.4, 0.5) is 0 Å². The molecule has 0 aliphatic rings. The summed E-state index contributed by atoms with van der Waals surface area (Å²) >= 11 is 0. The smallest absolute Gasteiger partial charge is 0.147 e. The van der Waals surface area contributed by atoms with E-state index in [1.54, 1.807) is 6.20 Å². The lowest BCUT2D eigenvalue weighted by molar-refractivity contribution is 0.523. The van der Waals surface area contributed by atoms with E-state index in [1.165, 1.54) is 6.26 Å². The lowest BCUT2D eigenvalue weighted by Gasteiger charge is -2.12. The van der Waals surface area contributed by atoms with E-state index in [1.807, 2.05) is 25.1 Å². The van der Waals surface area contributed by atoms with Gasteiger partial charge in [0.15, 0.2) is 0 Å². The summed E-state index contributed by atoms with van der Waals surface area (Å²) in [4.78, 5) is 4.18. The van der Waals surface area contributed by atoms with Crippen LogP contribution in [0.5, 0.6) is 0 Å². The molecule has 1 N–H and O–H groups in total. The van der Waals surface area contributed by atoms with E-state index >= 15 is 0 Å². The topological polar surface area (TPSA) is 59.1 Å². The van der Waals surface area contributed by atoms with Gasteiger partial charge in [-0.1, -0.05) is 6.07 Å². The van der Waals surface area contributed by atoms with Gasteiger partial charge in [0.05, 0.1) is 11.4 Å². The molecule has 16 heavy (non-hydrogen) atoms. The zero-order chi connectivity index (χ0) is 12.0. The number of pyridine rings is 1. The summed E-state index contributed by atoms with van der Waals surface area (Å²) in [6.07, 6.45) is 3.64. The summed E-state index contributed by atoms with van der Waals surface area (Å²) in [6, 6.07) is 5.93. The molecule has 0 aliphatic heterocycles. The minimum Gasteiger partial charge on any atom is -0.309 e. The van der Waals surface area contributed by atoms with Crippen LogP contribution in [0.2, 0.25) is 0 Å². The Morgan fingerprint density at radius 3 is 2.75 bits per heavy atom. The Morgan fingerprint density at radius 2 is 2.19 bits per heavy atom. The lowest BCUT2D eigenvalue weighted by atomic mass is 10.2. The summed E-state index contributed by atoms with van der Waals surface area (Å²) < 4.78 is 21.9. The van der Waals surface area contributed by atoms with Gasteiger partial charge in [-0.05, 0) is 25.5 Å². The molecule has 0 fully saturated rings. The molecule has 0 radical (unpaired) electrons. The van der Waals surface area contributed by atoms with Crippen LogP contribution in [-0.4, -0.2) is 31.5 Å². The number of rotatable bonds is 6. The van der Waals surface area contributed by atoms with Crippen molar-refractivity contribution in [2.75, 3.05) is 12.0 Å². The van der Waals surface area contributed by atoms with Gasteiger partial charge in [-0.25, -0.2) is 8.42 Å². The molecular weight excluding hydrogens is 224 g/mol. The minimum absolute atomic E-state index is 0.178. The van der Waals surface area contributed by atoms with Crippen LogP contribution in [0.1, 0.15) is 19.0 Å². The number of hydrogen-bond donors (Lipinski definition) is 1. The maximum Gasteiger partial charge on any atom is 0.147 e. The van der Waals surface area contributed by atoms with E-state index in [0.29, 0.717) is 13.0 Å². The molecule has 0 aromatic carbocycles. The molecule has 0 bridgehead atoms. The third-order valence-electron chi connectivity index (χ3n) is 2.28. The molecule has 0 aliphatic carbocycles. The van der Waals surface area contributed by atoms with Gasteiger partial charge in [0, 0.05) is 25.0 Å². The summed E-state index contributed by atoms with van der Waals surface area (Å²) in [5.41, 5.74) is 0.966. The highest BCUT2D eigenvalue weighted by Crippen LogP contribution is 1.98.